The summed E-state index contributed by atoms with van der Waals surface area (Å²) in [4.78, 5) is 32.0. The lowest BCUT2D eigenvalue weighted by molar-refractivity contribution is -0.140. The summed E-state index contributed by atoms with van der Waals surface area (Å²) in [5.41, 5.74) is 0. The summed E-state index contributed by atoms with van der Waals surface area (Å²) in [7, 11) is 0. The maximum Gasteiger partial charge on any atom is 0.326 e. The van der Waals surface area contributed by atoms with Crippen LogP contribution in [0, 0.1) is 0 Å². The third kappa shape index (κ3) is 6.93. The van der Waals surface area contributed by atoms with Gasteiger partial charge in [0.1, 0.15) is 6.04 Å². The molecular weight excluding hydrogens is 236 g/mol. The second-order valence-electron chi connectivity index (χ2n) is 2.95. The van der Waals surface area contributed by atoms with Crippen molar-refractivity contribution in [3.8, 4) is 0 Å². The summed E-state index contributed by atoms with van der Waals surface area (Å²) in [5.74, 6) is -1.94. The van der Waals surface area contributed by atoms with Gasteiger partial charge in [0.15, 0.2) is 0 Å². The molecule has 0 aliphatic rings. The first-order chi connectivity index (χ1) is 7.47. The second-order valence-corrected chi connectivity index (χ2v) is 3.39. The molecule has 0 bridgehead atoms. The van der Waals surface area contributed by atoms with Gasteiger partial charge in [0, 0.05) is 18.7 Å². The number of hydrogen-bond acceptors (Lipinski definition) is 4. The first-order valence-corrected chi connectivity index (χ1v) is 5.20. The van der Waals surface area contributed by atoms with E-state index in [4.69, 9.17) is 10.2 Å². The smallest absolute Gasteiger partial charge is 0.326 e. The molecule has 16 heavy (non-hydrogen) atoms. The van der Waals surface area contributed by atoms with E-state index < -0.39 is 24.0 Å². The van der Waals surface area contributed by atoms with Crippen molar-refractivity contribution in [2.24, 2.45) is 0 Å². The summed E-state index contributed by atoms with van der Waals surface area (Å²) in [6.07, 6.45) is -0.469. The average molecular weight is 250 g/mol. The van der Waals surface area contributed by atoms with Crippen LogP contribution in [0.4, 0.5) is 4.79 Å². The van der Waals surface area contributed by atoms with Crippen molar-refractivity contribution < 1.29 is 24.6 Å². The van der Waals surface area contributed by atoms with Crippen molar-refractivity contribution >= 4 is 30.6 Å². The van der Waals surface area contributed by atoms with Gasteiger partial charge in [-0.3, -0.25) is 4.79 Å². The minimum absolute atomic E-state index is 0.154. The van der Waals surface area contributed by atoms with Crippen LogP contribution >= 0.6 is 12.6 Å². The molecule has 0 aromatic heterocycles. The molecule has 0 saturated heterocycles. The summed E-state index contributed by atoms with van der Waals surface area (Å²) in [6.45, 7) is 0.306. The summed E-state index contributed by atoms with van der Waals surface area (Å²) in [6, 6.07) is -1.84. The summed E-state index contributed by atoms with van der Waals surface area (Å²) in [5, 5.41) is 21.6. The first kappa shape index (κ1) is 14.6. The SMILES string of the molecule is O=C(O)CC[C@H](NC(=O)NCCS)C(=O)O. The largest absolute Gasteiger partial charge is 0.481 e. The van der Waals surface area contributed by atoms with Gasteiger partial charge >= 0.3 is 18.0 Å². The molecule has 1 atom stereocenters. The Balaban J connectivity index is 4.07. The van der Waals surface area contributed by atoms with Crippen molar-refractivity contribution in [2.45, 2.75) is 18.9 Å². The van der Waals surface area contributed by atoms with Gasteiger partial charge in [-0.05, 0) is 6.42 Å². The van der Waals surface area contributed by atoms with Crippen LogP contribution < -0.4 is 10.6 Å². The summed E-state index contributed by atoms with van der Waals surface area (Å²) >= 11 is 3.86. The lowest BCUT2D eigenvalue weighted by Gasteiger charge is -2.13. The van der Waals surface area contributed by atoms with Gasteiger partial charge in [0.2, 0.25) is 0 Å². The predicted octanol–water partition coefficient (Wildman–Crippen LogP) is -0.467. The Kier molecular flexibility index (Phi) is 7.10. The number of aliphatic carboxylic acids is 2. The number of urea groups is 1. The van der Waals surface area contributed by atoms with E-state index >= 15 is 0 Å². The zero-order chi connectivity index (χ0) is 12.6. The van der Waals surface area contributed by atoms with E-state index in [-0.39, 0.29) is 12.8 Å². The Morgan fingerprint density at radius 2 is 1.88 bits per heavy atom. The van der Waals surface area contributed by atoms with Crippen molar-refractivity contribution in [3.05, 3.63) is 0 Å². The van der Waals surface area contributed by atoms with Gasteiger partial charge < -0.3 is 20.8 Å². The van der Waals surface area contributed by atoms with E-state index in [1.54, 1.807) is 0 Å². The van der Waals surface area contributed by atoms with Crippen molar-refractivity contribution in [2.75, 3.05) is 12.3 Å². The van der Waals surface area contributed by atoms with Crippen LogP contribution in [0.1, 0.15) is 12.8 Å². The molecule has 0 aromatic carbocycles. The zero-order valence-corrected chi connectivity index (χ0v) is 9.37. The predicted molar refractivity (Wildman–Crippen MR) is 58.7 cm³/mol. The van der Waals surface area contributed by atoms with Crippen molar-refractivity contribution in [1.29, 1.82) is 0 Å². The number of rotatable bonds is 7. The number of carboxylic acids is 2. The third-order valence-corrected chi connectivity index (χ3v) is 1.87. The lowest BCUT2D eigenvalue weighted by Crippen LogP contribution is -2.46. The van der Waals surface area contributed by atoms with Crippen molar-refractivity contribution in [3.63, 3.8) is 0 Å². The van der Waals surface area contributed by atoms with Crippen LogP contribution in [0.3, 0.4) is 0 Å². The zero-order valence-electron chi connectivity index (χ0n) is 8.47. The fourth-order valence-electron chi connectivity index (χ4n) is 0.904. The maximum atomic E-state index is 11.1. The number of nitrogens with one attached hydrogen (secondary N) is 2. The standard InChI is InChI=1S/C8H14N2O5S/c11-6(12)2-1-5(7(13)14)10-8(15)9-3-4-16/h5,16H,1-4H2,(H,11,12)(H,13,14)(H2,9,10,15)/t5-/m0/s1. The minimum Gasteiger partial charge on any atom is -0.481 e. The molecule has 0 radical (unpaired) electrons. The molecule has 0 rings (SSSR count). The highest BCUT2D eigenvalue weighted by Crippen LogP contribution is 1.97. The quantitative estimate of drug-likeness (QED) is 0.392. The normalized spacial score (nSPS) is 11.6. The molecule has 0 fully saturated rings. The fraction of sp³-hybridized carbons (Fsp3) is 0.625. The van der Waals surface area contributed by atoms with E-state index in [2.05, 4.69) is 23.3 Å². The fourth-order valence-corrected chi connectivity index (χ4v) is 1.02. The van der Waals surface area contributed by atoms with Gasteiger partial charge in [-0.1, -0.05) is 0 Å². The van der Waals surface area contributed by atoms with Gasteiger partial charge in [0.25, 0.3) is 0 Å². The van der Waals surface area contributed by atoms with E-state index in [0.29, 0.717) is 12.3 Å². The molecular formula is C8H14N2O5S. The van der Waals surface area contributed by atoms with Crippen LogP contribution in [0.25, 0.3) is 0 Å². The van der Waals surface area contributed by atoms with Gasteiger partial charge in [-0.2, -0.15) is 12.6 Å². The lowest BCUT2D eigenvalue weighted by atomic mass is 10.1. The van der Waals surface area contributed by atoms with Crippen LogP contribution in [0.2, 0.25) is 0 Å². The number of thiol groups is 1. The average Bonchev–Trinajstić information content (AvgIpc) is 2.20. The van der Waals surface area contributed by atoms with E-state index in [1.807, 2.05) is 0 Å². The highest BCUT2D eigenvalue weighted by atomic mass is 32.1. The highest BCUT2D eigenvalue weighted by Gasteiger charge is 2.20. The highest BCUT2D eigenvalue weighted by molar-refractivity contribution is 7.80. The molecule has 4 N–H and O–H groups in total. The Hall–Kier alpha value is -1.44. The molecule has 8 heteroatoms. The molecule has 0 heterocycles. The number of carbonyl (C=O) groups excluding carboxylic acids is 1. The Labute approximate surface area is 97.6 Å². The molecule has 0 aliphatic carbocycles. The van der Waals surface area contributed by atoms with Crippen LogP contribution in [0.15, 0.2) is 0 Å². The van der Waals surface area contributed by atoms with Crippen molar-refractivity contribution in [1.82, 2.24) is 10.6 Å². The first-order valence-electron chi connectivity index (χ1n) is 4.57. The molecule has 0 unspecified atom stereocenters. The maximum absolute atomic E-state index is 11.1. The molecule has 2 amide bonds. The van der Waals surface area contributed by atoms with Crippen LogP contribution in [0.5, 0.6) is 0 Å². The van der Waals surface area contributed by atoms with Gasteiger partial charge in [-0.15, -0.1) is 0 Å². The Morgan fingerprint density at radius 1 is 1.25 bits per heavy atom. The molecule has 0 spiro atoms. The van der Waals surface area contributed by atoms with E-state index in [9.17, 15) is 14.4 Å². The van der Waals surface area contributed by atoms with Gasteiger partial charge in [-0.25, -0.2) is 9.59 Å². The van der Waals surface area contributed by atoms with Crippen LogP contribution in [-0.4, -0.2) is 46.5 Å². The Morgan fingerprint density at radius 3 is 2.31 bits per heavy atom. The van der Waals surface area contributed by atoms with E-state index in [1.165, 1.54) is 0 Å². The summed E-state index contributed by atoms with van der Waals surface area (Å²) < 4.78 is 0. The minimum atomic E-state index is -1.26. The molecule has 0 aromatic rings. The molecule has 92 valence electrons. The third-order valence-electron chi connectivity index (χ3n) is 1.65. The molecule has 0 saturated carbocycles. The molecule has 0 aliphatic heterocycles. The van der Waals surface area contributed by atoms with Crippen LogP contribution in [-0.2, 0) is 9.59 Å². The monoisotopic (exact) mass is 250 g/mol. The van der Waals surface area contributed by atoms with E-state index in [0.717, 1.165) is 0 Å². The topological polar surface area (TPSA) is 116 Å². The number of carboxylic acid groups (broad SMARTS) is 2. The number of carbonyl (C=O) groups is 3. The second kappa shape index (κ2) is 7.80. The Bertz CT molecular complexity index is 271. The number of amides is 2. The number of hydrogen-bond donors (Lipinski definition) is 5. The molecule has 7 nitrogen and oxygen atoms in total. The van der Waals surface area contributed by atoms with Gasteiger partial charge in [0.05, 0.1) is 0 Å².